The van der Waals surface area contributed by atoms with Gasteiger partial charge in [-0.1, -0.05) is 60.7 Å². The largest absolute Gasteiger partial charge is 0.273 e. The number of carbonyl (C=O) groups excluding carboxylic acids is 1. The molecule has 0 atom stereocenters. The summed E-state index contributed by atoms with van der Waals surface area (Å²) in [5.41, 5.74) is 8.58. The Labute approximate surface area is 159 Å². The van der Waals surface area contributed by atoms with Crippen molar-refractivity contribution in [2.45, 2.75) is 26.7 Å². The van der Waals surface area contributed by atoms with Crippen molar-refractivity contribution in [1.29, 1.82) is 0 Å². The zero-order chi connectivity index (χ0) is 19.2. The Morgan fingerprint density at radius 2 is 1.56 bits per heavy atom. The molecule has 27 heavy (non-hydrogen) atoms. The zero-order valence-corrected chi connectivity index (χ0v) is 15.9. The highest BCUT2D eigenvalue weighted by molar-refractivity contribution is 6.13. The number of hydrogen-bond acceptors (Lipinski definition) is 3. The third-order valence-electron chi connectivity index (χ3n) is 4.65. The first-order chi connectivity index (χ1) is 13.1. The molecule has 0 bridgehead atoms. The lowest BCUT2D eigenvalue weighted by Gasteiger charge is -2.08. The van der Waals surface area contributed by atoms with E-state index in [4.69, 9.17) is 0 Å². The summed E-state index contributed by atoms with van der Waals surface area (Å²) >= 11 is 0. The van der Waals surface area contributed by atoms with E-state index in [-0.39, 0.29) is 5.91 Å². The third kappa shape index (κ3) is 4.50. The molecule has 1 N–H and O–H groups in total. The Morgan fingerprint density at radius 3 is 2.04 bits per heavy atom. The van der Waals surface area contributed by atoms with Gasteiger partial charge in [0.25, 0.3) is 0 Å². The normalized spacial score (nSPS) is 10.5. The van der Waals surface area contributed by atoms with Crippen molar-refractivity contribution in [3.63, 3.8) is 0 Å². The number of aromatic nitrogens is 2. The van der Waals surface area contributed by atoms with Gasteiger partial charge in [-0.15, -0.1) is 0 Å². The molecule has 1 amide bonds. The molecule has 0 aliphatic heterocycles. The fourth-order valence-electron chi connectivity index (χ4n) is 3.08. The molecular formula is C22H24N4O. The van der Waals surface area contributed by atoms with Gasteiger partial charge in [0.2, 0.25) is 5.91 Å². The Balaban J connectivity index is 1.73. The van der Waals surface area contributed by atoms with Crippen molar-refractivity contribution in [2.24, 2.45) is 12.1 Å². The van der Waals surface area contributed by atoms with E-state index < -0.39 is 0 Å². The summed E-state index contributed by atoms with van der Waals surface area (Å²) in [4.78, 5) is 12.4. The third-order valence-corrected chi connectivity index (χ3v) is 4.65. The summed E-state index contributed by atoms with van der Waals surface area (Å²) in [7, 11) is 1.92. The van der Waals surface area contributed by atoms with Gasteiger partial charge in [-0.3, -0.25) is 9.48 Å². The maximum absolute atomic E-state index is 12.4. The predicted octanol–water partition coefficient (Wildman–Crippen LogP) is 3.54. The van der Waals surface area contributed by atoms with Crippen molar-refractivity contribution < 1.29 is 4.79 Å². The molecule has 0 unspecified atom stereocenters. The highest BCUT2D eigenvalue weighted by Crippen LogP contribution is 2.14. The second kappa shape index (κ2) is 8.45. The molecule has 0 fully saturated rings. The van der Waals surface area contributed by atoms with Crippen molar-refractivity contribution >= 4 is 11.6 Å². The van der Waals surface area contributed by atoms with Gasteiger partial charge in [0.15, 0.2) is 0 Å². The molecule has 138 valence electrons. The average molecular weight is 360 g/mol. The van der Waals surface area contributed by atoms with Gasteiger partial charge in [-0.05, 0) is 25.8 Å². The molecule has 0 saturated carbocycles. The monoisotopic (exact) mass is 360 g/mol. The summed E-state index contributed by atoms with van der Waals surface area (Å²) in [6, 6.07) is 19.7. The molecule has 2 aromatic carbocycles. The minimum Gasteiger partial charge on any atom is -0.273 e. The van der Waals surface area contributed by atoms with Crippen LogP contribution in [0.5, 0.6) is 0 Å². The van der Waals surface area contributed by atoms with Crippen LogP contribution in [0.3, 0.4) is 0 Å². The predicted molar refractivity (Wildman–Crippen MR) is 108 cm³/mol. The van der Waals surface area contributed by atoms with Gasteiger partial charge in [0, 0.05) is 30.3 Å². The minimum absolute atomic E-state index is 0.109. The summed E-state index contributed by atoms with van der Waals surface area (Å²) in [6.07, 6.45) is 1.02. The first-order valence-electron chi connectivity index (χ1n) is 9.02. The van der Waals surface area contributed by atoms with Crippen LogP contribution in [0, 0.1) is 13.8 Å². The van der Waals surface area contributed by atoms with Crippen LogP contribution in [-0.4, -0.2) is 21.4 Å². The summed E-state index contributed by atoms with van der Waals surface area (Å²) in [5, 5.41) is 8.82. The standard InChI is InChI=1S/C22H24N4O/c1-16-20(17(2)26(3)25-16)14-15-21(27)23-24-22(18-10-6-4-7-11-18)19-12-8-5-9-13-19/h4-13H,14-15H2,1-3H3,(H,23,27). The lowest BCUT2D eigenvalue weighted by molar-refractivity contribution is -0.121. The van der Waals surface area contributed by atoms with E-state index in [9.17, 15) is 4.79 Å². The fourth-order valence-corrected chi connectivity index (χ4v) is 3.08. The number of aryl methyl sites for hydroxylation is 2. The SMILES string of the molecule is Cc1nn(C)c(C)c1CCC(=O)NN=C(c1ccccc1)c1ccccc1. The van der Waals surface area contributed by atoms with E-state index in [1.165, 1.54) is 0 Å². The van der Waals surface area contributed by atoms with E-state index in [1.807, 2.05) is 86.2 Å². The second-order valence-electron chi connectivity index (χ2n) is 6.50. The van der Waals surface area contributed by atoms with Gasteiger partial charge in [-0.2, -0.15) is 10.2 Å². The van der Waals surface area contributed by atoms with Crippen molar-refractivity contribution in [1.82, 2.24) is 15.2 Å². The maximum Gasteiger partial charge on any atom is 0.240 e. The average Bonchev–Trinajstić information content (AvgIpc) is 2.93. The van der Waals surface area contributed by atoms with Gasteiger partial charge >= 0.3 is 0 Å². The van der Waals surface area contributed by atoms with Crippen LogP contribution in [-0.2, 0) is 18.3 Å². The summed E-state index contributed by atoms with van der Waals surface area (Å²) in [6.45, 7) is 4.00. The van der Waals surface area contributed by atoms with Crippen LogP contribution in [0.2, 0.25) is 0 Å². The van der Waals surface area contributed by atoms with Crippen LogP contribution in [0.15, 0.2) is 65.8 Å². The second-order valence-corrected chi connectivity index (χ2v) is 6.50. The number of amides is 1. The van der Waals surface area contributed by atoms with Gasteiger partial charge in [0.1, 0.15) is 0 Å². The Kier molecular flexibility index (Phi) is 5.81. The zero-order valence-electron chi connectivity index (χ0n) is 15.9. The fraction of sp³-hybridized carbons (Fsp3) is 0.227. The number of hydrazone groups is 1. The minimum atomic E-state index is -0.109. The topological polar surface area (TPSA) is 59.3 Å². The molecule has 3 aromatic rings. The van der Waals surface area contributed by atoms with E-state index in [2.05, 4.69) is 15.6 Å². The van der Waals surface area contributed by atoms with Crippen LogP contribution < -0.4 is 5.43 Å². The van der Waals surface area contributed by atoms with Gasteiger partial charge in [0.05, 0.1) is 11.4 Å². The van der Waals surface area contributed by atoms with E-state index in [1.54, 1.807) is 0 Å². The lowest BCUT2D eigenvalue weighted by Crippen LogP contribution is -2.21. The van der Waals surface area contributed by atoms with E-state index in [0.29, 0.717) is 12.8 Å². The quantitative estimate of drug-likeness (QED) is 0.540. The van der Waals surface area contributed by atoms with E-state index >= 15 is 0 Å². The molecule has 0 saturated heterocycles. The molecule has 0 spiro atoms. The lowest BCUT2D eigenvalue weighted by atomic mass is 10.0. The van der Waals surface area contributed by atoms with Crippen molar-refractivity contribution in [2.75, 3.05) is 0 Å². The van der Waals surface area contributed by atoms with Crippen molar-refractivity contribution in [3.05, 3.63) is 88.7 Å². The molecule has 3 rings (SSSR count). The molecule has 0 radical (unpaired) electrons. The molecule has 0 aliphatic rings. The maximum atomic E-state index is 12.4. The number of hydrogen-bond donors (Lipinski definition) is 1. The van der Waals surface area contributed by atoms with Crippen LogP contribution in [0.1, 0.15) is 34.5 Å². The number of benzene rings is 2. The molecule has 0 aliphatic carbocycles. The Morgan fingerprint density at radius 1 is 1.00 bits per heavy atom. The van der Waals surface area contributed by atoms with Gasteiger partial charge < -0.3 is 0 Å². The highest BCUT2D eigenvalue weighted by Gasteiger charge is 2.12. The first-order valence-corrected chi connectivity index (χ1v) is 9.02. The number of nitrogens with one attached hydrogen (secondary N) is 1. The molecule has 5 heteroatoms. The number of nitrogens with zero attached hydrogens (tertiary/aromatic N) is 3. The first kappa shape index (κ1) is 18.6. The van der Waals surface area contributed by atoms with E-state index in [0.717, 1.165) is 33.8 Å². The van der Waals surface area contributed by atoms with Crippen LogP contribution in [0.4, 0.5) is 0 Å². The summed E-state index contributed by atoms with van der Waals surface area (Å²) in [5.74, 6) is -0.109. The van der Waals surface area contributed by atoms with Crippen LogP contribution in [0.25, 0.3) is 0 Å². The molecule has 5 nitrogen and oxygen atoms in total. The Hall–Kier alpha value is -3.21. The van der Waals surface area contributed by atoms with Crippen molar-refractivity contribution in [3.8, 4) is 0 Å². The smallest absolute Gasteiger partial charge is 0.240 e. The number of rotatable bonds is 6. The molecule has 1 heterocycles. The Bertz CT molecular complexity index is 902. The van der Waals surface area contributed by atoms with Gasteiger partial charge in [-0.25, -0.2) is 5.43 Å². The van der Waals surface area contributed by atoms with Crippen LogP contribution >= 0.6 is 0 Å². The summed E-state index contributed by atoms with van der Waals surface area (Å²) < 4.78 is 1.85. The molecular weight excluding hydrogens is 336 g/mol. The molecule has 1 aromatic heterocycles. The highest BCUT2D eigenvalue weighted by atomic mass is 16.2. The number of carbonyl (C=O) groups is 1.